The van der Waals surface area contributed by atoms with Crippen LogP contribution in [-0.4, -0.2) is 29.0 Å². The zero-order chi connectivity index (χ0) is 11.4. The molecule has 81 valence electrons. The number of nitrogens with zero attached hydrogens (tertiary/aromatic N) is 3. The van der Waals surface area contributed by atoms with Crippen molar-refractivity contribution in [2.75, 3.05) is 14.1 Å². The van der Waals surface area contributed by atoms with Crippen LogP contribution in [0, 0.1) is 6.07 Å². The van der Waals surface area contributed by atoms with E-state index in [1.165, 1.54) is 0 Å². The fourth-order valence-corrected chi connectivity index (χ4v) is 1.57. The molecule has 0 aliphatic carbocycles. The summed E-state index contributed by atoms with van der Waals surface area (Å²) in [5, 5.41) is 0. The van der Waals surface area contributed by atoms with Crippen LogP contribution in [0.15, 0.2) is 36.7 Å². The van der Waals surface area contributed by atoms with Crippen LogP contribution in [0.4, 0.5) is 0 Å². The Labute approximate surface area is 95.8 Å². The van der Waals surface area contributed by atoms with Crippen molar-refractivity contribution >= 4 is 0 Å². The molecule has 0 N–H and O–H groups in total. The van der Waals surface area contributed by atoms with Crippen molar-refractivity contribution in [3.63, 3.8) is 0 Å². The lowest BCUT2D eigenvalue weighted by Crippen LogP contribution is -2.11. The fourth-order valence-electron chi connectivity index (χ4n) is 1.57. The molecule has 0 aliphatic heterocycles. The van der Waals surface area contributed by atoms with Gasteiger partial charge in [-0.25, -0.2) is 9.97 Å². The average Bonchev–Trinajstić information content (AvgIpc) is 2.30. The highest BCUT2D eigenvalue weighted by Gasteiger charge is 2.07. The van der Waals surface area contributed by atoms with Crippen molar-refractivity contribution in [3.8, 4) is 11.4 Å². The molecule has 0 unspecified atom stereocenters. The molecular weight excluding hydrogens is 198 g/mol. The molecule has 1 aromatic carbocycles. The fraction of sp³-hybridized carbons (Fsp3) is 0.231. The van der Waals surface area contributed by atoms with E-state index < -0.39 is 0 Å². The lowest BCUT2D eigenvalue weighted by atomic mass is 10.1. The summed E-state index contributed by atoms with van der Waals surface area (Å²) in [7, 11) is 4.08. The summed E-state index contributed by atoms with van der Waals surface area (Å²) in [6.45, 7) is 0.842. The van der Waals surface area contributed by atoms with Gasteiger partial charge in [0.1, 0.15) is 0 Å². The van der Waals surface area contributed by atoms with Gasteiger partial charge in [-0.05, 0) is 31.8 Å². The van der Waals surface area contributed by atoms with E-state index in [0.29, 0.717) is 0 Å². The van der Waals surface area contributed by atoms with Crippen molar-refractivity contribution in [3.05, 3.63) is 48.3 Å². The lowest BCUT2D eigenvalue weighted by Gasteiger charge is -2.12. The Balaban J connectivity index is 2.41. The predicted molar refractivity (Wildman–Crippen MR) is 63.7 cm³/mol. The van der Waals surface area contributed by atoms with Crippen LogP contribution in [0.2, 0.25) is 0 Å². The summed E-state index contributed by atoms with van der Waals surface area (Å²) < 4.78 is 0. The molecule has 0 amide bonds. The molecule has 2 aromatic rings. The second-order valence-electron chi connectivity index (χ2n) is 3.87. The zero-order valence-corrected chi connectivity index (χ0v) is 9.51. The van der Waals surface area contributed by atoms with Crippen LogP contribution in [0.5, 0.6) is 0 Å². The maximum absolute atomic E-state index is 4.27. The number of rotatable bonds is 3. The minimum Gasteiger partial charge on any atom is -0.305 e. The Morgan fingerprint density at radius 1 is 1.19 bits per heavy atom. The molecule has 0 saturated heterocycles. The monoisotopic (exact) mass is 212 g/mol. The van der Waals surface area contributed by atoms with E-state index in [-0.39, 0.29) is 0 Å². The van der Waals surface area contributed by atoms with Crippen LogP contribution >= 0.6 is 0 Å². The quantitative estimate of drug-likeness (QED) is 0.779. The Morgan fingerprint density at radius 3 is 2.62 bits per heavy atom. The summed E-state index contributed by atoms with van der Waals surface area (Å²) in [4.78, 5) is 10.6. The van der Waals surface area contributed by atoms with Gasteiger partial charge in [0.15, 0.2) is 5.82 Å². The third kappa shape index (κ3) is 2.44. The molecular formula is C13H14N3. The SMILES string of the molecule is CN(C)Cc1[c]cccc1-c1ncccn1. The van der Waals surface area contributed by atoms with E-state index in [1.807, 2.05) is 38.4 Å². The van der Waals surface area contributed by atoms with Gasteiger partial charge in [0.05, 0.1) is 0 Å². The van der Waals surface area contributed by atoms with Gasteiger partial charge in [0.25, 0.3) is 0 Å². The first-order valence-corrected chi connectivity index (χ1v) is 5.19. The first-order chi connectivity index (χ1) is 7.77. The lowest BCUT2D eigenvalue weighted by molar-refractivity contribution is 0.402. The molecule has 16 heavy (non-hydrogen) atoms. The minimum absolute atomic E-state index is 0.760. The first kappa shape index (κ1) is 10.8. The van der Waals surface area contributed by atoms with E-state index in [9.17, 15) is 0 Å². The number of aromatic nitrogens is 2. The number of benzene rings is 1. The normalized spacial score (nSPS) is 10.7. The summed E-state index contributed by atoms with van der Waals surface area (Å²) in [5.41, 5.74) is 2.18. The summed E-state index contributed by atoms with van der Waals surface area (Å²) in [6, 6.07) is 11.0. The second-order valence-corrected chi connectivity index (χ2v) is 3.87. The largest absolute Gasteiger partial charge is 0.305 e. The molecule has 1 heterocycles. The standard InChI is InChI=1S/C13H14N3/c1-16(2)10-11-6-3-4-7-12(11)13-14-8-5-9-15-13/h3-5,7-9H,10H2,1-2H3. The highest BCUT2D eigenvalue weighted by Crippen LogP contribution is 2.19. The third-order valence-electron chi connectivity index (χ3n) is 2.22. The summed E-state index contributed by atoms with van der Waals surface area (Å²) >= 11 is 0. The van der Waals surface area contributed by atoms with Crippen LogP contribution in [0.1, 0.15) is 5.56 Å². The summed E-state index contributed by atoms with van der Waals surface area (Å²) in [6.07, 6.45) is 3.52. The van der Waals surface area contributed by atoms with Gasteiger partial charge < -0.3 is 4.90 Å². The molecule has 1 aromatic heterocycles. The van der Waals surface area contributed by atoms with E-state index in [1.54, 1.807) is 12.4 Å². The van der Waals surface area contributed by atoms with Crippen molar-refractivity contribution in [1.82, 2.24) is 14.9 Å². The molecule has 2 rings (SSSR count). The Morgan fingerprint density at radius 2 is 1.94 bits per heavy atom. The first-order valence-electron chi connectivity index (χ1n) is 5.19. The van der Waals surface area contributed by atoms with Gasteiger partial charge >= 0.3 is 0 Å². The van der Waals surface area contributed by atoms with E-state index >= 15 is 0 Å². The Kier molecular flexibility index (Phi) is 3.27. The molecule has 0 spiro atoms. The van der Waals surface area contributed by atoms with Gasteiger partial charge in [-0.2, -0.15) is 0 Å². The highest BCUT2D eigenvalue weighted by atomic mass is 15.0. The smallest absolute Gasteiger partial charge is 0.159 e. The van der Waals surface area contributed by atoms with Crippen LogP contribution in [0.25, 0.3) is 11.4 Å². The van der Waals surface area contributed by atoms with Gasteiger partial charge in [-0.3, -0.25) is 0 Å². The van der Waals surface area contributed by atoms with Gasteiger partial charge in [-0.1, -0.05) is 18.2 Å². The third-order valence-corrected chi connectivity index (χ3v) is 2.22. The molecule has 1 radical (unpaired) electrons. The number of hydrogen-bond acceptors (Lipinski definition) is 3. The number of hydrogen-bond donors (Lipinski definition) is 0. The predicted octanol–water partition coefficient (Wildman–Crippen LogP) is 2.01. The molecule has 0 aliphatic rings. The van der Waals surface area contributed by atoms with Crippen molar-refractivity contribution in [2.45, 2.75) is 6.54 Å². The molecule has 3 heteroatoms. The van der Waals surface area contributed by atoms with Crippen molar-refractivity contribution < 1.29 is 0 Å². The van der Waals surface area contributed by atoms with Crippen LogP contribution < -0.4 is 0 Å². The van der Waals surface area contributed by atoms with Gasteiger partial charge in [-0.15, -0.1) is 0 Å². The van der Waals surface area contributed by atoms with Crippen molar-refractivity contribution in [2.24, 2.45) is 0 Å². The molecule has 0 fully saturated rings. The van der Waals surface area contributed by atoms with Crippen LogP contribution in [0.3, 0.4) is 0 Å². The molecule has 0 bridgehead atoms. The zero-order valence-electron chi connectivity index (χ0n) is 9.51. The minimum atomic E-state index is 0.760. The van der Waals surface area contributed by atoms with Gasteiger partial charge in [0, 0.05) is 24.5 Å². The maximum Gasteiger partial charge on any atom is 0.159 e. The average molecular weight is 212 g/mol. The summed E-state index contributed by atoms with van der Waals surface area (Å²) in [5.74, 6) is 0.760. The Bertz CT molecular complexity index is 452. The van der Waals surface area contributed by atoms with E-state index in [2.05, 4.69) is 20.9 Å². The van der Waals surface area contributed by atoms with E-state index in [0.717, 1.165) is 23.5 Å². The maximum atomic E-state index is 4.27. The van der Waals surface area contributed by atoms with E-state index in [4.69, 9.17) is 0 Å². The second kappa shape index (κ2) is 4.86. The van der Waals surface area contributed by atoms with Gasteiger partial charge in [0.2, 0.25) is 0 Å². The molecule has 0 atom stereocenters. The topological polar surface area (TPSA) is 29.0 Å². The van der Waals surface area contributed by atoms with Crippen molar-refractivity contribution in [1.29, 1.82) is 0 Å². The molecule has 0 saturated carbocycles. The van der Waals surface area contributed by atoms with Crippen LogP contribution in [-0.2, 0) is 6.54 Å². The highest BCUT2D eigenvalue weighted by molar-refractivity contribution is 5.59. The Hall–Kier alpha value is -1.74. The molecule has 3 nitrogen and oxygen atoms in total.